The average molecular weight is 443 g/mol. The number of nitrogens with one attached hydrogen (secondary N) is 1. The minimum atomic E-state index is -0.854. The zero-order valence-corrected chi connectivity index (χ0v) is 17.8. The molecule has 2 aliphatic heterocycles. The number of hydrogen-bond acceptors (Lipinski definition) is 8. The van der Waals surface area contributed by atoms with Crippen LogP contribution in [-0.2, 0) is 0 Å². The van der Waals surface area contributed by atoms with E-state index in [1.54, 1.807) is 23.3 Å². The number of aromatic nitrogens is 6. The maximum absolute atomic E-state index is 11.4. The summed E-state index contributed by atoms with van der Waals surface area (Å²) in [6.45, 7) is 2.98. The summed E-state index contributed by atoms with van der Waals surface area (Å²) in [5, 5.41) is 18.4. The van der Waals surface area contributed by atoms with Gasteiger partial charge >= 0.3 is 6.09 Å². The van der Waals surface area contributed by atoms with Crippen molar-refractivity contribution in [3.8, 4) is 5.82 Å². The van der Waals surface area contributed by atoms with Gasteiger partial charge in [0.2, 0.25) is 0 Å². The molecule has 33 heavy (non-hydrogen) atoms. The molecule has 1 aromatic carbocycles. The van der Waals surface area contributed by atoms with Gasteiger partial charge in [-0.15, -0.1) is 5.10 Å². The Bertz CT molecular complexity index is 1360. The number of para-hydroxylation sites is 1. The van der Waals surface area contributed by atoms with E-state index in [1.807, 2.05) is 37.3 Å². The first-order chi connectivity index (χ1) is 16.1. The Morgan fingerprint density at radius 1 is 1.12 bits per heavy atom. The van der Waals surface area contributed by atoms with E-state index < -0.39 is 6.09 Å². The van der Waals surface area contributed by atoms with Crippen LogP contribution in [0.15, 0.2) is 48.9 Å². The second-order valence-corrected chi connectivity index (χ2v) is 8.26. The van der Waals surface area contributed by atoms with Crippen LogP contribution in [0.4, 0.5) is 22.2 Å². The number of fused-ring (bicyclic) bond motifs is 3. The molecule has 11 nitrogen and oxygen atoms in total. The minimum Gasteiger partial charge on any atom is -0.465 e. The summed E-state index contributed by atoms with van der Waals surface area (Å²) in [5.74, 6) is 3.32. The van der Waals surface area contributed by atoms with Crippen LogP contribution < -0.4 is 10.2 Å². The predicted octanol–water partition coefficient (Wildman–Crippen LogP) is 2.60. The van der Waals surface area contributed by atoms with Gasteiger partial charge in [-0.1, -0.05) is 12.1 Å². The van der Waals surface area contributed by atoms with E-state index in [0.717, 1.165) is 23.1 Å². The Hall–Kier alpha value is -4.28. The first-order valence-electron chi connectivity index (χ1n) is 10.7. The van der Waals surface area contributed by atoms with Gasteiger partial charge < -0.3 is 20.2 Å². The third-order valence-electron chi connectivity index (χ3n) is 6.21. The maximum Gasteiger partial charge on any atom is 0.407 e. The lowest BCUT2D eigenvalue weighted by molar-refractivity contribution is 0.137. The van der Waals surface area contributed by atoms with Gasteiger partial charge in [0.1, 0.15) is 17.5 Å². The van der Waals surface area contributed by atoms with Crippen LogP contribution in [0.3, 0.4) is 0 Å². The Morgan fingerprint density at radius 3 is 2.73 bits per heavy atom. The number of likely N-dealkylation sites (tertiary alicyclic amines) is 1. The highest BCUT2D eigenvalue weighted by molar-refractivity contribution is 5.92. The highest BCUT2D eigenvalue weighted by atomic mass is 16.4. The molecule has 11 heteroatoms. The molecule has 2 unspecified atom stereocenters. The van der Waals surface area contributed by atoms with E-state index in [-0.39, 0.29) is 12.1 Å². The molecule has 166 valence electrons. The first kappa shape index (κ1) is 19.4. The van der Waals surface area contributed by atoms with Gasteiger partial charge in [-0.25, -0.2) is 24.4 Å². The minimum absolute atomic E-state index is 0.000426. The van der Waals surface area contributed by atoms with Crippen molar-refractivity contribution in [1.82, 2.24) is 34.6 Å². The third kappa shape index (κ3) is 3.28. The number of benzene rings is 1. The van der Waals surface area contributed by atoms with Crippen LogP contribution in [0, 0.1) is 6.92 Å². The summed E-state index contributed by atoms with van der Waals surface area (Å²) in [6, 6.07) is 9.94. The van der Waals surface area contributed by atoms with Crippen LogP contribution in [0.5, 0.6) is 0 Å². The van der Waals surface area contributed by atoms with Crippen LogP contribution in [0.25, 0.3) is 16.7 Å². The summed E-state index contributed by atoms with van der Waals surface area (Å²) in [7, 11) is 0. The molecule has 2 fully saturated rings. The van der Waals surface area contributed by atoms with Crippen LogP contribution in [0.2, 0.25) is 0 Å². The normalized spacial score (nSPS) is 19.4. The Balaban J connectivity index is 1.38. The lowest BCUT2D eigenvalue weighted by Crippen LogP contribution is -2.48. The molecule has 0 aliphatic carbocycles. The molecule has 4 aromatic rings. The van der Waals surface area contributed by atoms with Crippen molar-refractivity contribution >= 4 is 34.4 Å². The molecule has 2 aliphatic rings. The van der Waals surface area contributed by atoms with E-state index in [1.165, 1.54) is 4.90 Å². The van der Waals surface area contributed by atoms with Crippen molar-refractivity contribution in [2.75, 3.05) is 23.3 Å². The van der Waals surface area contributed by atoms with Gasteiger partial charge in [0.15, 0.2) is 11.6 Å². The first-order valence-corrected chi connectivity index (χ1v) is 10.7. The zero-order valence-electron chi connectivity index (χ0n) is 17.8. The number of anilines is 3. The second kappa shape index (κ2) is 7.40. The molecule has 1 amide bonds. The highest BCUT2D eigenvalue weighted by Gasteiger charge is 2.46. The van der Waals surface area contributed by atoms with Crippen molar-refractivity contribution in [2.24, 2.45) is 0 Å². The Labute approximate surface area is 188 Å². The largest absolute Gasteiger partial charge is 0.465 e. The van der Waals surface area contributed by atoms with Gasteiger partial charge in [0, 0.05) is 36.9 Å². The van der Waals surface area contributed by atoms with Gasteiger partial charge in [-0.05, 0) is 25.5 Å². The van der Waals surface area contributed by atoms with Gasteiger partial charge in [-0.3, -0.25) is 4.98 Å². The fraction of sp³-hybridized carbons (Fsp3) is 0.273. The lowest BCUT2D eigenvalue weighted by atomic mass is 10.2. The highest BCUT2D eigenvalue weighted by Crippen LogP contribution is 2.35. The average Bonchev–Trinajstić information content (AvgIpc) is 3.53. The molecular weight excluding hydrogens is 422 g/mol. The van der Waals surface area contributed by atoms with Crippen LogP contribution in [-0.4, -0.2) is 71.0 Å². The molecule has 0 saturated carbocycles. The Kier molecular flexibility index (Phi) is 4.35. The van der Waals surface area contributed by atoms with Crippen LogP contribution >= 0.6 is 0 Å². The van der Waals surface area contributed by atoms with E-state index >= 15 is 0 Å². The molecule has 0 spiro atoms. The van der Waals surface area contributed by atoms with Crippen molar-refractivity contribution < 1.29 is 9.90 Å². The van der Waals surface area contributed by atoms with E-state index in [4.69, 9.17) is 5.10 Å². The predicted molar refractivity (Wildman–Crippen MR) is 121 cm³/mol. The number of hydrogen-bond donors (Lipinski definition) is 2. The molecule has 5 heterocycles. The molecule has 2 bridgehead atoms. The molecule has 3 aromatic heterocycles. The summed E-state index contributed by atoms with van der Waals surface area (Å²) < 4.78 is 1.80. The zero-order chi connectivity index (χ0) is 22.5. The van der Waals surface area contributed by atoms with Crippen molar-refractivity contribution in [2.45, 2.75) is 25.4 Å². The number of aryl methyl sites for hydroxylation is 1. The van der Waals surface area contributed by atoms with E-state index in [2.05, 4.69) is 30.2 Å². The van der Waals surface area contributed by atoms with Crippen molar-refractivity contribution in [3.05, 3.63) is 54.7 Å². The fourth-order valence-electron chi connectivity index (χ4n) is 4.79. The summed E-state index contributed by atoms with van der Waals surface area (Å²) >= 11 is 0. The number of rotatable bonds is 4. The molecule has 2 N–H and O–H groups in total. The molecule has 6 rings (SSSR count). The van der Waals surface area contributed by atoms with E-state index in [9.17, 15) is 9.90 Å². The fourth-order valence-corrected chi connectivity index (χ4v) is 4.79. The lowest BCUT2D eigenvalue weighted by Gasteiger charge is -2.33. The molecule has 2 saturated heterocycles. The molecular formula is C22H21N9O2. The summed E-state index contributed by atoms with van der Waals surface area (Å²) in [4.78, 5) is 32.9. The summed E-state index contributed by atoms with van der Waals surface area (Å²) in [5.41, 5.74) is 0.896. The van der Waals surface area contributed by atoms with Gasteiger partial charge in [0.25, 0.3) is 0 Å². The Morgan fingerprint density at radius 2 is 1.97 bits per heavy atom. The third-order valence-corrected chi connectivity index (χ3v) is 6.21. The monoisotopic (exact) mass is 443 g/mol. The molecule has 2 atom stereocenters. The SMILES string of the molecule is Cc1nc(N2CC3CC2CN3C(=O)O)cc(-n2nc(Nc3cnccn3)c3ccccc32)n1. The maximum atomic E-state index is 11.4. The number of piperazine rings is 1. The smallest absolute Gasteiger partial charge is 0.407 e. The van der Waals surface area contributed by atoms with E-state index in [0.29, 0.717) is 36.4 Å². The second-order valence-electron chi connectivity index (χ2n) is 8.26. The van der Waals surface area contributed by atoms with Crippen molar-refractivity contribution in [1.29, 1.82) is 0 Å². The molecule has 0 radical (unpaired) electrons. The van der Waals surface area contributed by atoms with Crippen LogP contribution in [0.1, 0.15) is 12.2 Å². The standard InChI is InChI=1S/C22H21N9O2/c1-13-25-19(29-11-15-8-14(29)12-30(15)22(32)33)9-20(26-13)31-17-5-3-2-4-16(17)21(28-31)27-18-10-23-6-7-24-18/h2-7,9-10,14-15H,8,11-12H2,1H3,(H,32,33)(H,24,27,28). The van der Waals surface area contributed by atoms with Crippen molar-refractivity contribution in [3.63, 3.8) is 0 Å². The topological polar surface area (TPSA) is 125 Å². The summed E-state index contributed by atoms with van der Waals surface area (Å²) in [6.07, 6.45) is 4.85. The quantitative estimate of drug-likeness (QED) is 0.489. The number of carbonyl (C=O) groups is 1. The number of nitrogens with zero attached hydrogens (tertiary/aromatic N) is 8. The number of carboxylic acid groups (broad SMARTS) is 1. The number of amides is 1. The van der Waals surface area contributed by atoms with Gasteiger partial charge in [-0.2, -0.15) is 0 Å². The van der Waals surface area contributed by atoms with Gasteiger partial charge in [0.05, 0.1) is 23.8 Å².